The van der Waals surface area contributed by atoms with Gasteiger partial charge in [0.15, 0.2) is 0 Å². The van der Waals surface area contributed by atoms with Gasteiger partial charge in [0.2, 0.25) is 0 Å². The molecular weight excluding hydrogens is 233 g/mol. The van der Waals surface area contributed by atoms with Crippen molar-refractivity contribution in [3.63, 3.8) is 0 Å². The van der Waals surface area contributed by atoms with Gasteiger partial charge in [-0.1, -0.05) is 11.6 Å². The van der Waals surface area contributed by atoms with Crippen molar-refractivity contribution in [1.82, 2.24) is 0 Å². The lowest BCUT2D eigenvalue weighted by atomic mass is 10.1. The van der Waals surface area contributed by atoms with E-state index in [0.717, 1.165) is 17.4 Å². The quantitative estimate of drug-likeness (QED) is 0.677. The highest BCUT2D eigenvalue weighted by molar-refractivity contribution is 7.22. The molecule has 1 heterocycles. The van der Waals surface area contributed by atoms with Crippen LogP contribution in [0.25, 0.3) is 10.1 Å². The second-order valence-corrected chi connectivity index (χ2v) is 4.47. The van der Waals surface area contributed by atoms with Gasteiger partial charge in [0, 0.05) is 15.6 Å². The molecule has 0 saturated carbocycles. The first-order valence-electron chi connectivity index (χ1n) is 3.74. The Kier molecular flexibility index (Phi) is 2.41. The fourth-order valence-electron chi connectivity index (χ4n) is 1.28. The summed E-state index contributed by atoms with van der Waals surface area (Å²) in [5, 5.41) is 0.330. The number of fused-ring (bicyclic) bond motifs is 1. The molecule has 0 spiro atoms. The molecule has 0 fully saturated rings. The SMILES string of the molecule is Fc1cc(C(F)F)c2cc(Cl)sc2c1. The van der Waals surface area contributed by atoms with Crippen LogP contribution in [0, 0.1) is 5.82 Å². The highest BCUT2D eigenvalue weighted by Gasteiger charge is 2.15. The zero-order valence-electron chi connectivity index (χ0n) is 6.73. The smallest absolute Gasteiger partial charge is 0.207 e. The number of alkyl halides is 2. The molecule has 0 bridgehead atoms. The molecule has 0 N–H and O–H groups in total. The second kappa shape index (κ2) is 3.44. The molecule has 0 amide bonds. The molecule has 2 aromatic rings. The van der Waals surface area contributed by atoms with Gasteiger partial charge in [-0.05, 0) is 18.2 Å². The maximum absolute atomic E-state index is 12.9. The van der Waals surface area contributed by atoms with Crippen molar-refractivity contribution in [3.05, 3.63) is 33.9 Å². The highest BCUT2D eigenvalue weighted by atomic mass is 35.5. The van der Waals surface area contributed by atoms with E-state index >= 15 is 0 Å². The lowest BCUT2D eigenvalue weighted by Crippen LogP contribution is -1.86. The first-order chi connectivity index (χ1) is 6.58. The summed E-state index contributed by atoms with van der Waals surface area (Å²) in [5.41, 5.74) is -0.303. The third-order valence-corrected chi connectivity index (χ3v) is 3.05. The van der Waals surface area contributed by atoms with Gasteiger partial charge in [-0.3, -0.25) is 0 Å². The highest BCUT2D eigenvalue weighted by Crippen LogP contribution is 2.36. The first kappa shape index (κ1) is 9.80. The van der Waals surface area contributed by atoms with Crippen LogP contribution in [0.3, 0.4) is 0 Å². The van der Waals surface area contributed by atoms with Gasteiger partial charge in [-0.2, -0.15) is 0 Å². The van der Waals surface area contributed by atoms with E-state index in [1.165, 1.54) is 12.1 Å². The van der Waals surface area contributed by atoms with Crippen LogP contribution in [0.4, 0.5) is 13.2 Å². The molecule has 0 aliphatic heterocycles. The van der Waals surface area contributed by atoms with E-state index < -0.39 is 12.2 Å². The van der Waals surface area contributed by atoms with Crippen molar-refractivity contribution in [2.24, 2.45) is 0 Å². The molecule has 0 aliphatic carbocycles. The summed E-state index contributed by atoms with van der Waals surface area (Å²) < 4.78 is 38.7. The maximum atomic E-state index is 12.9. The third-order valence-electron chi connectivity index (χ3n) is 1.84. The Hall–Kier alpha value is -0.740. The summed E-state index contributed by atoms with van der Waals surface area (Å²) in [5.74, 6) is -0.661. The van der Waals surface area contributed by atoms with Gasteiger partial charge in [0.25, 0.3) is 6.43 Å². The first-order valence-corrected chi connectivity index (χ1v) is 4.94. The number of halogens is 4. The Morgan fingerprint density at radius 3 is 2.57 bits per heavy atom. The fraction of sp³-hybridized carbons (Fsp3) is 0.111. The molecule has 2 rings (SSSR count). The predicted molar refractivity (Wildman–Crippen MR) is 51.8 cm³/mol. The van der Waals surface area contributed by atoms with Gasteiger partial charge in [-0.15, -0.1) is 11.3 Å². The Balaban J connectivity index is 2.79. The summed E-state index contributed by atoms with van der Waals surface area (Å²) in [6.45, 7) is 0. The molecule has 74 valence electrons. The zero-order valence-corrected chi connectivity index (χ0v) is 8.30. The minimum absolute atomic E-state index is 0.303. The molecule has 5 heteroatoms. The molecule has 14 heavy (non-hydrogen) atoms. The van der Waals surface area contributed by atoms with Crippen LogP contribution in [0.15, 0.2) is 18.2 Å². The summed E-state index contributed by atoms with van der Waals surface area (Å²) >= 11 is 6.75. The molecule has 0 nitrogen and oxygen atoms in total. The standard InChI is InChI=1S/C9H4ClF3S/c10-8-3-5-6(9(12)13)1-4(11)2-7(5)14-8/h1-3,9H. The average molecular weight is 237 g/mol. The van der Waals surface area contributed by atoms with Crippen molar-refractivity contribution in [2.45, 2.75) is 6.43 Å². The molecule has 0 unspecified atom stereocenters. The number of hydrogen-bond donors (Lipinski definition) is 0. The van der Waals surface area contributed by atoms with Crippen molar-refractivity contribution in [3.8, 4) is 0 Å². The average Bonchev–Trinajstić information content (AvgIpc) is 2.42. The summed E-state index contributed by atoms with van der Waals surface area (Å²) in [6, 6.07) is 3.48. The van der Waals surface area contributed by atoms with E-state index in [0.29, 0.717) is 14.4 Å². The van der Waals surface area contributed by atoms with Crippen LogP contribution in [0.2, 0.25) is 4.34 Å². The lowest BCUT2D eigenvalue weighted by molar-refractivity contribution is 0.152. The molecule has 0 radical (unpaired) electrons. The number of thiophene rings is 1. The summed E-state index contributed by atoms with van der Waals surface area (Å²) in [6.07, 6.45) is -2.68. The molecule has 1 aromatic carbocycles. The molecule has 0 aliphatic rings. The van der Waals surface area contributed by atoms with E-state index in [4.69, 9.17) is 11.6 Å². The minimum atomic E-state index is -2.68. The third kappa shape index (κ3) is 1.60. The van der Waals surface area contributed by atoms with Gasteiger partial charge in [0.05, 0.1) is 4.34 Å². The fourth-order valence-corrected chi connectivity index (χ4v) is 2.48. The van der Waals surface area contributed by atoms with Crippen LogP contribution in [0.1, 0.15) is 12.0 Å². The minimum Gasteiger partial charge on any atom is -0.207 e. The number of hydrogen-bond acceptors (Lipinski definition) is 1. The Bertz CT molecular complexity index is 478. The number of rotatable bonds is 1. The van der Waals surface area contributed by atoms with Crippen molar-refractivity contribution >= 4 is 33.0 Å². The normalized spacial score (nSPS) is 11.5. The monoisotopic (exact) mass is 236 g/mol. The largest absolute Gasteiger partial charge is 0.264 e. The van der Waals surface area contributed by atoms with E-state index in [-0.39, 0.29) is 5.56 Å². The van der Waals surface area contributed by atoms with Crippen molar-refractivity contribution in [1.29, 1.82) is 0 Å². The van der Waals surface area contributed by atoms with Crippen LogP contribution >= 0.6 is 22.9 Å². The lowest BCUT2D eigenvalue weighted by Gasteiger charge is -2.01. The predicted octanol–water partition coefficient (Wildman–Crippen LogP) is 4.63. The van der Waals surface area contributed by atoms with Gasteiger partial charge >= 0.3 is 0 Å². The Morgan fingerprint density at radius 2 is 1.93 bits per heavy atom. The second-order valence-electron chi connectivity index (χ2n) is 2.76. The van der Waals surface area contributed by atoms with Gasteiger partial charge in [0.1, 0.15) is 5.82 Å². The van der Waals surface area contributed by atoms with E-state index in [9.17, 15) is 13.2 Å². The van der Waals surface area contributed by atoms with Crippen LogP contribution in [-0.4, -0.2) is 0 Å². The van der Waals surface area contributed by atoms with E-state index in [1.807, 2.05) is 0 Å². The van der Waals surface area contributed by atoms with Crippen molar-refractivity contribution < 1.29 is 13.2 Å². The van der Waals surface area contributed by atoms with Crippen LogP contribution in [-0.2, 0) is 0 Å². The molecular formula is C9H4ClF3S. The topological polar surface area (TPSA) is 0 Å². The zero-order chi connectivity index (χ0) is 10.3. The van der Waals surface area contributed by atoms with E-state index in [1.54, 1.807) is 0 Å². The Labute approximate surface area is 86.9 Å². The van der Waals surface area contributed by atoms with Crippen molar-refractivity contribution in [2.75, 3.05) is 0 Å². The van der Waals surface area contributed by atoms with E-state index in [2.05, 4.69) is 0 Å². The number of benzene rings is 1. The maximum Gasteiger partial charge on any atom is 0.264 e. The summed E-state index contributed by atoms with van der Waals surface area (Å²) in [7, 11) is 0. The Morgan fingerprint density at radius 1 is 1.21 bits per heavy atom. The van der Waals surface area contributed by atoms with Gasteiger partial charge in [-0.25, -0.2) is 13.2 Å². The molecule has 1 aromatic heterocycles. The summed E-state index contributed by atoms with van der Waals surface area (Å²) in [4.78, 5) is 0. The van der Waals surface area contributed by atoms with Crippen LogP contribution in [0.5, 0.6) is 0 Å². The van der Waals surface area contributed by atoms with Crippen LogP contribution < -0.4 is 0 Å². The van der Waals surface area contributed by atoms with Gasteiger partial charge < -0.3 is 0 Å². The molecule has 0 saturated heterocycles. The molecule has 0 atom stereocenters.